The molecular formula is C13H13F6NiO2-. The van der Waals surface area contributed by atoms with E-state index in [1.807, 2.05) is 0 Å². The molecule has 0 bridgehead atoms. The van der Waals surface area contributed by atoms with E-state index >= 15 is 0 Å². The summed E-state index contributed by atoms with van der Waals surface area (Å²) in [6, 6.07) is 0. The SMILES string of the molecule is O=C(/C=C(\O)C(F)(F)F)C(F)(F)F.[C-]1=CCC/C=C\CC1.[Ni]. The molecule has 0 saturated carbocycles. The van der Waals surface area contributed by atoms with Crippen LogP contribution in [0.5, 0.6) is 0 Å². The molecule has 0 radical (unpaired) electrons. The Hall–Kier alpha value is -1.24. The van der Waals surface area contributed by atoms with Crippen LogP contribution in [0.3, 0.4) is 0 Å². The first kappa shape index (κ1) is 23.0. The number of ketones is 1. The third-order valence-corrected chi connectivity index (χ3v) is 2.08. The van der Waals surface area contributed by atoms with Crippen LogP contribution < -0.4 is 0 Å². The number of rotatable bonds is 1. The summed E-state index contributed by atoms with van der Waals surface area (Å²) in [5, 5.41) is 7.93. The van der Waals surface area contributed by atoms with Gasteiger partial charge in [-0.25, -0.2) is 0 Å². The molecular weight excluding hydrogens is 361 g/mol. The fourth-order valence-electron chi connectivity index (χ4n) is 1.07. The van der Waals surface area contributed by atoms with Gasteiger partial charge in [0.05, 0.1) is 0 Å². The van der Waals surface area contributed by atoms with E-state index < -0.39 is 30.0 Å². The van der Waals surface area contributed by atoms with Gasteiger partial charge in [-0.15, -0.1) is 0 Å². The van der Waals surface area contributed by atoms with Gasteiger partial charge >= 0.3 is 12.4 Å². The van der Waals surface area contributed by atoms with Crippen molar-refractivity contribution < 1.29 is 52.7 Å². The van der Waals surface area contributed by atoms with Gasteiger partial charge in [0.2, 0.25) is 5.76 Å². The van der Waals surface area contributed by atoms with Crippen LogP contribution in [0.4, 0.5) is 26.3 Å². The minimum absolute atomic E-state index is 0. The smallest absolute Gasteiger partial charge is 0.454 e. The molecule has 0 aliphatic heterocycles. The Kier molecular flexibility index (Phi) is 11.0. The van der Waals surface area contributed by atoms with Crippen LogP contribution in [0, 0.1) is 6.08 Å². The number of alkyl halides is 6. The number of halogens is 6. The number of allylic oxidation sites excluding steroid dienone is 6. The van der Waals surface area contributed by atoms with Gasteiger partial charge in [0.1, 0.15) is 0 Å². The first-order valence-electron chi connectivity index (χ1n) is 5.84. The molecule has 0 aromatic carbocycles. The molecule has 1 N–H and O–H groups in total. The average Bonchev–Trinajstić information content (AvgIpc) is 2.25. The number of carbonyl (C=O) groups excluding carboxylic acids is 1. The Bertz CT molecular complexity index is 395. The maximum absolute atomic E-state index is 11.4. The van der Waals surface area contributed by atoms with Crippen molar-refractivity contribution in [2.75, 3.05) is 0 Å². The molecule has 0 saturated heterocycles. The second-order valence-corrected chi connectivity index (χ2v) is 3.89. The van der Waals surface area contributed by atoms with Crippen molar-refractivity contribution in [2.45, 2.75) is 38.0 Å². The van der Waals surface area contributed by atoms with Crippen molar-refractivity contribution >= 4 is 5.78 Å². The van der Waals surface area contributed by atoms with Crippen molar-refractivity contribution in [2.24, 2.45) is 0 Å². The molecule has 0 aromatic heterocycles. The van der Waals surface area contributed by atoms with Crippen LogP contribution in [-0.2, 0) is 21.3 Å². The summed E-state index contributed by atoms with van der Waals surface area (Å²) in [7, 11) is 0. The van der Waals surface area contributed by atoms with E-state index in [0.29, 0.717) is 0 Å². The first-order valence-corrected chi connectivity index (χ1v) is 5.84. The van der Waals surface area contributed by atoms with Gasteiger partial charge in [-0.2, -0.15) is 32.8 Å². The molecule has 0 atom stereocenters. The topological polar surface area (TPSA) is 37.3 Å². The van der Waals surface area contributed by atoms with E-state index in [1.54, 1.807) is 0 Å². The standard InChI is InChI=1S/C8H11.C5H2F6O2.Ni/c1-2-4-6-8-7-5-3-1;6-4(7,8)2(12)1-3(13)5(9,10)11;/h1-2,7H,3-6H2;1,12H;/q-1;;/b2*2-1-;. The maximum Gasteiger partial charge on any atom is 0.454 e. The molecule has 0 unspecified atom stereocenters. The molecule has 9 heteroatoms. The molecule has 22 heavy (non-hydrogen) atoms. The molecule has 0 aromatic rings. The van der Waals surface area contributed by atoms with Crippen LogP contribution in [0.25, 0.3) is 0 Å². The van der Waals surface area contributed by atoms with Gasteiger partial charge in [-0.3, -0.25) is 10.9 Å². The van der Waals surface area contributed by atoms with E-state index in [0.717, 1.165) is 6.42 Å². The Morgan fingerprint density at radius 3 is 2.05 bits per heavy atom. The molecule has 0 amide bonds. The van der Waals surface area contributed by atoms with Crippen LogP contribution in [0.2, 0.25) is 0 Å². The van der Waals surface area contributed by atoms with Crippen LogP contribution in [-0.4, -0.2) is 23.2 Å². The van der Waals surface area contributed by atoms with Gasteiger partial charge in [-0.05, 0) is 6.42 Å². The predicted octanol–water partition coefficient (Wildman–Crippen LogP) is 4.60. The number of aliphatic hydroxyl groups is 1. The zero-order valence-electron chi connectivity index (χ0n) is 11.1. The van der Waals surface area contributed by atoms with E-state index in [-0.39, 0.29) is 16.5 Å². The van der Waals surface area contributed by atoms with Gasteiger partial charge in [0.25, 0.3) is 5.78 Å². The predicted molar refractivity (Wildman–Crippen MR) is 63.2 cm³/mol. The molecule has 130 valence electrons. The largest absolute Gasteiger partial charge is 0.504 e. The molecule has 2 nitrogen and oxygen atoms in total. The second-order valence-electron chi connectivity index (χ2n) is 3.89. The van der Waals surface area contributed by atoms with E-state index in [2.05, 4.69) is 24.3 Å². The third kappa shape index (κ3) is 11.4. The molecule has 1 rings (SSSR count). The first-order chi connectivity index (χ1) is 9.55. The zero-order valence-corrected chi connectivity index (χ0v) is 12.1. The summed E-state index contributed by atoms with van der Waals surface area (Å²) < 4.78 is 68.1. The number of carbonyl (C=O) groups is 1. The molecule has 0 fully saturated rings. The van der Waals surface area contributed by atoms with E-state index in [9.17, 15) is 31.1 Å². The fourth-order valence-corrected chi connectivity index (χ4v) is 1.07. The number of aliphatic hydroxyl groups excluding tert-OH is 1. The quantitative estimate of drug-likeness (QED) is 0.182. The third-order valence-electron chi connectivity index (χ3n) is 2.08. The normalized spacial score (nSPS) is 17.3. The maximum atomic E-state index is 11.4. The second kappa shape index (κ2) is 10.5. The summed E-state index contributed by atoms with van der Waals surface area (Å²) in [6.45, 7) is 0. The zero-order chi connectivity index (χ0) is 16.5. The monoisotopic (exact) mass is 373 g/mol. The average molecular weight is 374 g/mol. The summed E-state index contributed by atoms with van der Waals surface area (Å²) in [6.07, 6.45) is 2.82. The Morgan fingerprint density at radius 2 is 1.55 bits per heavy atom. The molecule has 0 heterocycles. The van der Waals surface area contributed by atoms with Crippen molar-refractivity contribution in [3.63, 3.8) is 0 Å². The van der Waals surface area contributed by atoms with Gasteiger partial charge < -0.3 is 11.2 Å². The molecule has 0 spiro atoms. The number of hydrogen-bond acceptors (Lipinski definition) is 2. The van der Waals surface area contributed by atoms with Gasteiger partial charge in [-0.1, -0.05) is 25.0 Å². The minimum Gasteiger partial charge on any atom is -0.504 e. The fraction of sp³-hybridized carbons (Fsp3) is 0.462. The summed E-state index contributed by atoms with van der Waals surface area (Å²) in [5.41, 5.74) is 0. The number of hydrogen-bond donors (Lipinski definition) is 1. The Balaban J connectivity index is 0. The van der Waals surface area contributed by atoms with E-state index in [4.69, 9.17) is 5.11 Å². The van der Waals surface area contributed by atoms with Crippen molar-refractivity contribution in [1.29, 1.82) is 0 Å². The van der Waals surface area contributed by atoms with Crippen LogP contribution in [0.15, 0.2) is 30.1 Å². The van der Waals surface area contributed by atoms with Gasteiger partial charge in [0.15, 0.2) is 0 Å². The summed E-state index contributed by atoms with van der Waals surface area (Å²) in [4.78, 5) is 9.86. The summed E-state index contributed by atoms with van der Waals surface area (Å²) >= 11 is 0. The van der Waals surface area contributed by atoms with E-state index in [1.165, 1.54) is 19.3 Å². The molecule has 1 aliphatic carbocycles. The Morgan fingerprint density at radius 1 is 1.00 bits per heavy atom. The van der Waals surface area contributed by atoms with Crippen LogP contribution >= 0.6 is 0 Å². The Labute approximate surface area is 133 Å². The van der Waals surface area contributed by atoms with Crippen molar-refractivity contribution in [3.05, 3.63) is 36.1 Å². The van der Waals surface area contributed by atoms with Crippen molar-refractivity contribution in [1.82, 2.24) is 0 Å². The summed E-state index contributed by atoms with van der Waals surface area (Å²) in [5.74, 6) is -5.34. The minimum atomic E-state index is -5.42. The van der Waals surface area contributed by atoms with Crippen molar-refractivity contribution in [3.8, 4) is 0 Å². The van der Waals surface area contributed by atoms with Gasteiger partial charge in [0, 0.05) is 22.6 Å². The van der Waals surface area contributed by atoms with Crippen LogP contribution in [0.1, 0.15) is 25.7 Å². The molecule has 1 aliphatic rings.